The van der Waals surface area contributed by atoms with Gasteiger partial charge < -0.3 is 15.7 Å². The monoisotopic (exact) mass is 254 g/mol. The molecule has 1 fully saturated rings. The van der Waals surface area contributed by atoms with Crippen LogP contribution in [0, 0.1) is 6.92 Å². The summed E-state index contributed by atoms with van der Waals surface area (Å²) >= 11 is 5.99. The van der Waals surface area contributed by atoms with Crippen molar-refractivity contribution in [2.75, 3.05) is 11.9 Å². The lowest BCUT2D eigenvalue weighted by molar-refractivity contribution is -0.117. The Morgan fingerprint density at radius 2 is 2.35 bits per heavy atom. The summed E-state index contributed by atoms with van der Waals surface area (Å²) in [6.45, 7) is 2.39. The molecule has 0 bridgehead atoms. The van der Waals surface area contributed by atoms with Crippen LogP contribution in [0.5, 0.6) is 0 Å². The highest BCUT2D eigenvalue weighted by Gasteiger charge is 2.28. The zero-order valence-electron chi connectivity index (χ0n) is 9.53. The minimum Gasteiger partial charge on any atom is -0.392 e. The molecule has 1 aliphatic heterocycles. The van der Waals surface area contributed by atoms with Gasteiger partial charge in [-0.3, -0.25) is 4.79 Å². The molecule has 0 aromatic heterocycles. The number of amides is 1. The highest BCUT2D eigenvalue weighted by molar-refractivity contribution is 6.33. The highest BCUT2D eigenvalue weighted by atomic mass is 35.5. The number of aliphatic hydroxyl groups excluding tert-OH is 1. The molecule has 2 unspecified atom stereocenters. The maximum Gasteiger partial charge on any atom is 0.241 e. The number of hydrogen-bond acceptors (Lipinski definition) is 3. The summed E-state index contributed by atoms with van der Waals surface area (Å²) < 4.78 is 0. The summed E-state index contributed by atoms with van der Waals surface area (Å²) in [5.41, 5.74) is 1.64. The Balaban J connectivity index is 2.05. The van der Waals surface area contributed by atoms with E-state index < -0.39 is 6.10 Å². The third-order valence-electron chi connectivity index (χ3n) is 2.80. The molecule has 0 saturated carbocycles. The first-order valence-corrected chi connectivity index (χ1v) is 5.92. The molecule has 1 aromatic carbocycles. The van der Waals surface area contributed by atoms with Gasteiger partial charge in [-0.05, 0) is 31.0 Å². The van der Waals surface area contributed by atoms with Crippen LogP contribution in [0.25, 0.3) is 0 Å². The van der Waals surface area contributed by atoms with Crippen molar-refractivity contribution in [2.45, 2.75) is 25.5 Å². The maximum absolute atomic E-state index is 11.9. The topological polar surface area (TPSA) is 61.4 Å². The molecule has 5 heteroatoms. The Kier molecular flexibility index (Phi) is 3.66. The van der Waals surface area contributed by atoms with Gasteiger partial charge in [-0.1, -0.05) is 17.7 Å². The van der Waals surface area contributed by atoms with E-state index in [1.807, 2.05) is 19.1 Å². The molecule has 1 saturated heterocycles. The Bertz CT molecular complexity index is 437. The van der Waals surface area contributed by atoms with Gasteiger partial charge in [-0.2, -0.15) is 0 Å². The van der Waals surface area contributed by atoms with Crippen LogP contribution in [0.2, 0.25) is 5.02 Å². The maximum atomic E-state index is 11.9. The van der Waals surface area contributed by atoms with E-state index in [-0.39, 0.29) is 11.9 Å². The van der Waals surface area contributed by atoms with E-state index in [2.05, 4.69) is 10.6 Å². The molecule has 1 aromatic rings. The molecule has 1 heterocycles. The van der Waals surface area contributed by atoms with Gasteiger partial charge in [0, 0.05) is 6.54 Å². The second kappa shape index (κ2) is 5.04. The largest absolute Gasteiger partial charge is 0.392 e. The molecule has 0 aliphatic carbocycles. The minimum absolute atomic E-state index is 0.158. The quantitative estimate of drug-likeness (QED) is 0.746. The number of anilines is 1. The summed E-state index contributed by atoms with van der Waals surface area (Å²) in [7, 11) is 0. The molecule has 1 aliphatic rings. The van der Waals surface area contributed by atoms with Crippen LogP contribution in [0.15, 0.2) is 18.2 Å². The fraction of sp³-hybridized carbons (Fsp3) is 0.417. The van der Waals surface area contributed by atoms with E-state index in [1.165, 1.54) is 0 Å². The third kappa shape index (κ3) is 2.97. The Labute approximate surface area is 105 Å². The highest BCUT2D eigenvalue weighted by Crippen LogP contribution is 2.23. The summed E-state index contributed by atoms with van der Waals surface area (Å²) in [5.74, 6) is -0.158. The van der Waals surface area contributed by atoms with Crippen LogP contribution in [-0.2, 0) is 4.79 Å². The van der Waals surface area contributed by atoms with Gasteiger partial charge in [0.25, 0.3) is 0 Å². The predicted molar refractivity (Wildman–Crippen MR) is 67.2 cm³/mol. The molecule has 0 spiro atoms. The van der Waals surface area contributed by atoms with Gasteiger partial charge in [0.05, 0.1) is 22.9 Å². The number of aliphatic hydroxyl groups is 1. The van der Waals surface area contributed by atoms with Crippen molar-refractivity contribution in [3.63, 3.8) is 0 Å². The first kappa shape index (κ1) is 12.4. The number of rotatable bonds is 2. The number of carbonyl (C=O) groups is 1. The van der Waals surface area contributed by atoms with Crippen molar-refractivity contribution in [1.82, 2.24) is 5.32 Å². The molecule has 0 radical (unpaired) electrons. The van der Waals surface area contributed by atoms with E-state index in [0.717, 1.165) is 5.56 Å². The van der Waals surface area contributed by atoms with Crippen molar-refractivity contribution in [1.29, 1.82) is 0 Å². The van der Waals surface area contributed by atoms with Crippen LogP contribution in [0.4, 0.5) is 5.69 Å². The van der Waals surface area contributed by atoms with Crippen LogP contribution in [0.1, 0.15) is 12.0 Å². The summed E-state index contributed by atoms with van der Waals surface area (Å²) in [6, 6.07) is 5.12. The van der Waals surface area contributed by atoms with E-state index in [0.29, 0.717) is 23.7 Å². The van der Waals surface area contributed by atoms with Crippen LogP contribution >= 0.6 is 11.6 Å². The number of carbonyl (C=O) groups excluding carboxylic acids is 1. The van der Waals surface area contributed by atoms with E-state index >= 15 is 0 Å². The van der Waals surface area contributed by atoms with Crippen molar-refractivity contribution in [2.24, 2.45) is 0 Å². The van der Waals surface area contributed by atoms with Crippen LogP contribution in [0.3, 0.4) is 0 Å². The molecule has 92 valence electrons. The SMILES string of the molecule is Cc1ccc(Cl)c(NC(=O)C2CC(O)CN2)c1. The number of halogens is 1. The standard InChI is InChI=1S/C12H15ClN2O2/c1-7-2-3-9(13)10(4-7)15-12(17)11-5-8(16)6-14-11/h2-4,8,11,14,16H,5-6H2,1H3,(H,15,17). The van der Waals surface area contributed by atoms with Gasteiger partial charge >= 0.3 is 0 Å². The summed E-state index contributed by atoms with van der Waals surface area (Å²) in [5, 5.41) is 15.6. The first-order valence-electron chi connectivity index (χ1n) is 5.54. The predicted octanol–water partition coefficient (Wildman–Crippen LogP) is 1.31. The molecule has 17 heavy (non-hydrogen) atoms. The van der Waals surface area contributed by atoms with Crippen molar-refractivity contribution < 1.29 is 9.90 Å². The molecule has 3 N–H and O–H groups in total. The van der Waals surface area contributed by atoms with Crippen LogP contribution in [-0.4, -0.2) is 29.7 Å². The molecule has 2 atom stereocenters. The van der Waals surface area contributed by atoms with Crippen molar-refractivity contribution >= 4 is 23.2 Å². The minimum atomic E-state index is -0.446. The summed E-state index contributed by atoms with van der Waals surface area (Å²) in [4.78, 5) is 11.9. The zero-order chi connectivity index (χ0) is 12.4. The van der Waals surface area contributed by atoms with Gasteiger partial charge in [-0.25, -0.2) is 0 Å². The van der Waals surface area contributed by atoms with Crippen LogP contribution < -0.4 is 10.6 Å². The fourth-order valence-electron chi connectivity index (χ4n) is 1.87. The summed E-state index contributed by atoms with van der Waals surface area (Å²) in [6.07, 6.45) is -0.00587. The molecule has 2 rings (SSSR count). The molecule has 1 amide bonds. The smallest absolute Gasteiger partial charge is 0.241 e. The van der Waals surface area contributed by atoms with E-state index in [9.17, 15) is 9.90 Å². The number of hydrogen-bond donors (Lipinski definition) is 3. The second-order valence-corrected chi connectivity index (χ2v) is 4.73. The Hall–Kier alpha value is -1.10. The lowest BCUT2D eigenvalue weighted by atomic mass is 10.1. The van der Waals surface area contributed by atoms with Gasteiger partial charge in [0.1, 0.15) is 0 Å². The van der Waals surface area contributed by atoms with Gasteiger partial charge in [-0.15, -0.1) is 0 Å². The van der Waals surface area contributed by atoms with E-state index in [4.69, 9.17) is 11.6 Å². The van der Waals surface area contributed by atoms with Crippen molar-refractivity contribution in [3.8, 4) is 0 Å². The van der Waals surface area contributed by atoms with Crippen molar-refractivity contribution in [3.05, 3.63) is 28.8 Å². The lowest BCUT2D eigenvalue weighted by Gasteiger charge is -2.12. The fourth-order valence-corrected chi connectivity index (χ4v) is 2.04. The zero-order valence-corrected chi connectivity index (χ0v) is 10.3. The average Bonchev–Trinajstić information content (AvgIpc) is 2.70. The third-order valence-corrected chi connectivity index (χ3v) is 3.13. The Morgan fingerprint density at radius 1 is 1.59 bits per heavy atom. The molecular formula is C12H15ClN2O2. The Morgan fingerprint density at radius 3 is 3.00 bits per heavy atom. The van der Waals surface area contributed by atoms with E-state index in [1.54, 1.807) is 6.07 Å². The van der Waals surface area contributed by atoms with Gasteiger partial charge in [0.15, 0.2) is 0 Å². The average molecular weight is 255 g/mol. The lowest BCUT2D eigenvalue weighted by Crippen LogP contribution is -2.35. The number of aryl methyl sites for hydroxylation is 1. The number of benzene rings is 1. The second-order valence-electron chi connectivity index (χ2n) is 4.32. The van der Waals surface area contributed by atoms with Gasteiger partial charge in [0.2, 0.25) is 5.91 Å². The number of β-amino-alcohol motifs (C(OH)–C–C–N with tert-alkyl or cyclic N) is 1. The first-order chi connectivity index (χ1) is 8.06. The number of nitrogens with one attached hydrogen (secondary N) is 2. The normalized spacial score (nSPS) is 23.7. The molecule has 4 nitrogen and oxygen atoms in total. The molecular weight excluding hydrogens is 240 g/mol.